The van der Waals surface area contributed by atoms with Crippen LogP contribution in [0.15, 0.2) is 29.2 Å². The molecular formula is C32H46F3N3O4S. The van der Waals surface area contributed by atoms with Gasteiger partial charge >= 0.3 is 12.1 Å². The summed E-state index contributed by atoms with van der Waals surface area (Å²) >= 11 is 0. The molecule has 1 heterocycles. The lowest BCUT2D eigenvalue weighted by atomic mass is 9.85. The quantitative estimate of drug-likeness (QED) is 0.247. The summed E-state index contributed by atoms with van der Waals surface area (Å²) in [5, 5.41) is 12.3. The Balaban J connectivity index is 2.03. The number of rotatable bonds is 11. The minimum absolute atomic E-state index is 0.207. The van der Waals surface area contributed by atoms with Crippen LogP contribution in [0.2, 0.25) is 0 Å². The van der Waals surface area contributed by atoms with Gasteiger partial charge in [-0.15, -0.1) is 0 Å². The van der Waals surface area contributed by atoms with Crippen LogP contribution in [0.3, 0.4) is 0 Å². The predicted octanol–water partition coefficient (Wildman–Crippen LogP) is 7.14. The number of hydrogen-bond acceptors (Lipinski definition) is 3. The standard InChI is InChI=1S/C32H46F3N3O4S/c1-20-24(28(39)36-16-15-31(6,7)29(40)41)18-26(38(20)19-22-11-9-8-10-12-22)23-13-14-27(25(17-23)30(3,4)5)43(42)37-21(2)32(33,34)35/h13-14,17-18,21-22,37H,8-12,15-16,19H2,1-7H3,(H,36,39)(H,40,41). The summed E-state index contributed by atoms with van der Waals surface area (Å²) in [5.74, 6) is -0.768. The lowest BCUT2D eigenvalue weighted by Gasteiger charge is -2.26. The average molecular weight is 626 g/mol. The molecule has 2 aromatic rings. The van der Waals surface area contributed by atoms with Crippen molar-refractivity contribution in [3.05, 3.63) is 41.1 Å². The number of hydrogen-bond donors (Lipinski definition) is 3. The third-order valence-electron chi connectivity index (χ3n) is 8.45. The highest BCUT2D eigenvalue weighted by Gasteiger charge is 2.38. The number of aromatic nitrogens is 1. The van der Waals surface area contributed by atoms with Gasteiger partial charge < -0.3 is 15.0 Å². The summed E-state index contributed by atoms with van der Waals surface area (Å²) in [7, 11) is -2.10. The molecule has 1 aromatic heterocycles. The van der Waals surface area contributed by atoms with Crippen LogP contribution in [-0.2, 0) is 27.7 Å². The molecule has 1 amide bonds. The third kappa shape index (κ3) is 8.71. The molecule has 0 aliphatic heterocycles. The molecule has 43 heavy (non-hydrogen) atoms. The third-order valence-corrected chi connectivity index (χ3v) is 9.77. The Morgan fingerprint density at radius 2 is 1.70 bits per heavy atom. The number of benzene rings is 1. The van der Waals surface area contributed by atoms with Crippen LogP contribution in [0, 0.1) is 18.3 Å². The van der Waals surface area contributed by atoms with E-state index in [0.717, 1.165) is 56.1 Å². The Bertz CT molecular complexity index is 1340. The molecule has 1 aromatic carbocycles. The van der Waals surface area contributed by atoms with Crippen molar-refractivity contribution in [2.75, 3.05) is 6.54 Å². The monoisotopic (exact) mass is 625 g/mol. The van der Waals surface area contributed by atoms with E-state index in [1.54, 1.807) is 26.0 Å². The predicted molar refractivity (Wildman–Crippen MR) is 163 cm³/mol. The van der Waals surface area contributed by atoms with Crippen LogP contribution in [0.1, 0.15) is 102 Å². The van der Waals surface area contributed by atoms with Crippen molar-refractivity contribution in [3.8, 4) is 11.3 Å². The van der Waals surface area contributed by atoms with Crippen LogP contribution in [-0.4, -0.2) is 44.5 Å². The molecule has 1 aliphatic carbocycles. The molecule has 1 aliphatic rings. The Kier molecular flexibility index (Phi) is 11.0. The molecule has 2 atom stereocenters. The summed E-state index contributed by atoms with van der Waals surface area (Å²) in [6.07, 6.45) is 1.46. The Morgan fingerprint density at radius 1 is 1.07 bits per heavy atom. The van der Waals surface area contributed by atoms with Gasteiger partial charge in [-0.2, -0.15) is 13.2 Å². The van der Waals surface area contributed by atoms with Gasteiger partial charge in [-0.1, -0.05) is 46.1 Å². The van der Waals surface area contributed by atoms with E-state index < -0.39 is 40.0 Å². The lowest BCUT2D eigenvalue weighted by molar-refractivity contribution is -0.147. The number of carbonyl (C=O) groups is 2. The molecule has 0 bridgehead atoms. The molecule has 7 nitrogen and oxygen atoms in total. The van der Waals surface area contributed by atoms with Gasteiger partial charge in [0.25, 0.3) is 5.91 Å². The number of nitrogens with zero attached hydrogens (tertiary/aromatic N) is 1. The van der Waals surface area contributed by atoms with Gasteiger partial charge in [-0.05, 0) is 87.6 Å². The summed E-state index contributed by atoms with van der Waals surface area (Å²) in [6, 6.07) is 5.13. The van der Waals surface area contributed by atoms with E-state index in [1.807, 2.05) is 39.8 Å². The number of carboxylic acid groups (broad SMARTS) is 1. The number of amides is 1. The fourth-order valence-corrected chi connectivity index (χ4v) is 6.73. The second kappa shape index (κ2) is 13.5. The first-order valence-corrected chi connectivity index (χ1v) is 16.1. The topological polar surface area (TPSA) is 100 Å². The smallest absolute Gasteiger partial charge is 0.404 e. The van der Waals surface area contributed by atoms with Gasteiger partial charge in [-0.25, -0.2) is 8.93 Å². The van der Waals surface area contributed by atoms with Crippen LogP contribution >= 0.6 is 0 Å². The van der Waals surface area contributed by atoms with Crippen molar-refractivity contribution in [2.45, 2.75) is 116 Å². The van der Waals surface area contributed by atoms with Crippen molar-refractivity contribution < 1.29 is 32.1 Å². The largest absolute Gasteiger partial charge is 0.481 e. The zero-order valence-electron chi connectivity index (χ0n) is 26.3. The number of carboxylic acids is 1. The van der Waals surface area contributed by atoms with Crippen LogP contribution in [0.25, 0.3) is 11.3 Å². The Hall–Kier alpha value is -2.66. The molecule has 3 N–H and O–H groups in total. The van der Waals surface area contributed by atoms with Gasteiger partial charge in [0.05, 0.1) is 15.9 Å². The van der Waals surface area contributed by atoms with Gasteiger partial charge in [0.2, 0.25) is 0 Å². The minimum atomic E-state index is -4.53. The first-order valence-electron chi connectivity index (χ1n) is 14.9. The number of halogens is 3. The number of carbonyl (C=O) groups excluding carboxylic acids is 1. The Labute approximate surface area is 255 Å². The van der Waals surface area contributed by atoms with E-state index in [-0.39, 0.29) is 23.8 Å². The lowest BCUT2D eigenvalue weighted by Crippen LogP contribution is -2.41. The second-order valence-corrected chi connectivity index (χ2v) is 14.7. The van der Waals surface area contributed by atoms with E-state index in [4.69, 9.17) is 0 Å². The molecule has 3 rings (SSSR count). The van der Waals surface area contributed by atoms with Gasteiger partial charge in [-0.3, -0.25) is 9.59 Å². The van der Waals surface area contributed by atoms with Gasteiger partial charge in [0.1, 0.15) is 17.0 Å². The SMILES string of the molecule is Cc1c(C(=O)NCCC(C)(C)C(=O)O)cc(-c2ccc(S(=O)NC(C)C(F)(F)F)c(C(C)(C)C)c2)n1CC1CCCCC1. The molecule has 11 heteroatoms. The first-order chi connectivity index (χ1) is 19.8. The second-order valence-electron chi connectivity index (χ2n) is 13.4. The van der Waals surface area contributed by atoms with E-state index in [0.29, 0.717) is 17.0 Å². The fourth-order valence-electron chi connectivity index (χ4n) is 5.40. The molecule has 240 valence electrons. The van der Waals surface area contributed by atoms with Crippen molar-refractivity contribution >= 4 is 22.9 Å². The van der Waals surface area contributed by atoms with Crippen LogP contribution < -0.4 is 10.0 Å². The maximum atomic E-state index is 13.4. The van der Waals surface area contributed by atoms with Crippen molar-refractivity contribution in [1.29, 1.82) is 0 Å². The zero-order chi connectivity index (χ0) is 32.3. The maximum Gasteiger partial charge on any atom is 0.404 e. The average Bonchev–Trinajstić information content (AvgIpc) is 3.23. The zero-order valence-corrected chi connectivity index (χ0v) is 27.1. The summed E-state index contributed by atoms with van der Waals surface area (Å²) in [5.41, 5.74) is 2.01. The van der Waals surface area contributed by atoms with Gasteiger partial charge in [0, 0.05) is 24.5 Å². The highest BCUT2D eigenvalue weighted by atomic mass is 32.2. The molecule has 0 spiro atoms. The van der Waals surface area contributed by atoms with Crippen molar-refractivity contribution in [1.82, 2.24) is 14.6 Å². The Morgan fingerprint density at radius 3 is 2.26 bits per heavy atom. The van der Waals surface area contributed by atoms with E-state index >= 15 is 0 Å². The van der Waals surface area contributed by atoms with E-state index in [1.165, 1.54) is 6.42 Å². The summed E-state index contributed by atoms with van der Waals surface area (Å²) < 4.78 is 57.1. The molecule has 1 fully saturated rings. The fraction of sp³-hybridized carbons (Fsp3) is 0.625. The normalized spacial score (nSPS) is 16.6. The molecular weight excluding hydrogens is 579 g/mol. The maximum absolute atomic E-state index is 13.4. The molecule has 2 unspecified atom stereocenters. The summed E-state index contributed by atoms with van der Waals surface area (Å²) in [4.78, 5) is 25.1. The van der Waals surface area contributed by atoms with Crippen LogP contribution in [0.4, 0.5) is 13.2 Å². The van der Waals surface area contributed by atoms with Crippen LogP contribution in [0.5, 0.6) is 0 Å². The van der Waals surface area contributed by atoms with Crippen molar-refractivity contribution in [3.63, 3.8) is 0 Å². The number of aliphatic carboxylic acids is 1. The highest BCUT2D eigenvalue weighted by molar-refractivity contribution is 7.83. The van der Waals surface area contributed by atoms with Gasteiger partial charge in [0.15, 0.2) is 0 Å². The highest BCUT2D eigenvalue weighted by Crippen LogP contribution is 2.36. The molecule has 1 saturated carbocycles. The first kappa shape index (κ1) is 34.8. The molecule has 0 saturated heterocycles. The molecule has 0 radical (unpaired) electrons. The number of alkyl halides is 3. The van der Waals surface area contributed by atoms with E-state index in [2.05, 4.69) is 14.6 Å². The minimum Gasteiger partial charge on any atom is -0.481 e. The number of nitrogens with one attached hydrogen (secondary N) is 2. The van der Waals surface area contributed by atoms with Crippen molar-refractivity contribution in [2.24, 2.45) is 11.3 Å². The summed E-state index contributed by atoms with van der Waals surface area (Å²) in [6.45, 7) is 12.8. The van der Waals surface area contributed by atoms with E-state index in [9.17, 15) is 32.1 Å².